The number of hydrogen-bond donors (Lipinski definition) is 1. The van der Waals surface area contributed by atoms with Crippen LogP contribution in [0.15, 0.2) is 36.7 Å². The van der Waals surface area contributed by atoms with Crippen molar-refractivity contribution in [3.8, 4) is 11.5 Å². The molecule has 5 nitrogen and oxygen atoms in total. The molecule has 0 fully saturated rings. The van der Waals surface area contributed by atoms with Crippen LogP contribution in [0.4, 0.5) is 5.69 Å². The maximum Gasteiger partial charge on any atom is 0.257 e. The fraction of sp³-hybridized carbons (Fsp3) is 0.143. The SMILES string of the molecule is COc1cc(NC(=O)c2cccnc2)c(OC)cc1Cl.Cl. The molecule has 0 unspecified atom stereocenters. The lowest BCUT2D eigenvalue weighted by Gasteiger charge is -2.13. The summed E-state index contributed by atoms with van der Waals surface area (Å²) < 4.78 is 10.3. The largest absolute Gasteiger partial charge is 0.495 e. The third-order valence-electron chi connectivity index (χ3n) is 2.65. The smallest absolute Gasteiger partial charge is 0.257 e. The topological polar surface area (TPSA) is 60.5 Å². The molecule has 0 radical (unpaired) electrons. The molecule has 112 valence electrons. The summed E-state index contributed by atoms with van der Waals surface area (Å²) in [5.41, 5.74) is 0.922. The molecule has 0 aliphatic carbocycles. The molecule has 1 aromatic carbocycles. The summed E-state index contributed by atoms with van der Waals surface area (Å²) in [5.74, 6) is 0.614. The monoisotopic (exact) mass is 328 g/mol. The summed E-state index contributed by atoms with van der Waals surface area (Å²) in [4.78, 5) is 16.0. The van der Waals surface area contributed by atoms with Crippen molar-refractivity contribution in [1.29, 1.82) is 0 Å². The van der Waals surface area contributed by atoms with Crippen LogP contribution < -0.4 is 14.8 Å². The Balaban J connectivity index is 0.00000220. The first kappa shape index (κ1) is 17.1. The number of nitrogens with zero attached hydrogens (tertiary/aromatic N) is 1. The number of ether oxygens (including phenoxy) is 2. The highest BCUT2D eigenvalue weighted by atomic mass is 35.5. The lowest BCUT2D eigenvalue weighted by Crippen LogP contribution is -2.13. The number of halogens is 2. The Morgan fingerprint density at radius 3 is 2.52 bits per heavy atom. The molecule has 21 heavy (non-hydrogen) atoms. The van der Waals surface area contributed by atoms with Gasteiger partial charge in [-0.15, -0.1) is 12.4 Å². The van der Waals surface area contributed by atoms with Gasteiger partial charge in [0.1, 0.15) is 11.5 Å². The number of rotatable bonds is 4. The van der Waals surface area contributed by atoms with Crippen molar-refractivity contribution in [1.82, 2.24) is 4.98 Å². The van der Waals surface area contributed by atoms with Crippen molar-refractivity contribution in [3.63, 3.8) is 0 Å². The van der Waals surface area contributed by atoms with Gasteiger partial charge in [-0.05, 0) is 12.1 Å². The van der Waals surface area contributed by atoms with Gasteiger partial charge in [-0.25, -0.2) is 0 Å². The number of carbonyl (C=O) groups is 1. The van der Waals surface area contributed by atoms with E-state index >= 15 is 0 Å². The zero-order valence-electron chi connectivity index (χ0n) is 11.4. The van der Waals surface area contributed by atoms with Crippen molar-refractivity contribution >= 4 is 35.6 Å². The minimum Gasteiger partial charge on any atom is -0.495 e. The molecule has 0 bridgehead atoms. The van der Waals surface area contributed by atoms with Crippen molar-refractivity contribution < 1.29 is 14.3 Å². The number of nitrogens with one attached hydrogen (secondary N) is 1. The molecule has 1 amide bonds. The van der Waals surface area contributed by atoms with E-state index in [1.165, 1.54) is 20.4 Å². The van der Waals surface area contributed by atoms with Gasteiger partial charge in [0, 0.05) is 24.5 Å². The molecule has 1 aromatic heterocycles. The van der Waals surface area contributed by atoms with Gasteiger partial charge >= 0.3 is 0 Å². The highest BCUT2D eigenvalue weighted by molar-refractivity contribution is 6.32. The Morgan fingerprint density at radius 1 is 1.24 bits per heavy atom. The number of pyridine rings is 1. The van der Waals surface area contributed by atoms with E-state index < -0.39 is 0 Å². The zero-order chi connectivity index (χ0) is 14.5. The molecule has 0 atom stereocenters. The number of benzene rings is 1. The Kier molecular flexibility index (Phi) is 6.27. The Morgan fingerprint density at radius 2 is 1.95 bits per heavy atom. The quantitative estimate of drug-likeness (QED) is 0.934. The van der Waals surface area contributed by atoms with Crippen LogP contribution >= 0.6 is 24.0 Å². The number of aromatic nitrogens is 1. The molecule has 2 aromatic rings. The van der Waals surface area contributed by atoms with Gasteiger partial charge in [-0.2, -0.15) is 0 Å². The van der Waals surface area contributed by atoms with E-state index in [9.17, 15) is 4.79 Å². The molecule has 0 saturated carbocycles. The maximum atomic E-state index is 12.1. The van der Waals surface area contributed by atoms with E-state index in [0.29, 0.717) is 27.8 Å². The summed E-state index contributed by atoms with van der Waals surface area (Å²) in [6, 6.07) is 6.55. The predicted octanol–water partition coefficient (Wildman–Crippen LogP) is 3.43. The first-order chi connectivity index (χ1) is 9.65. The molecule has 1 N–H and O–H groups in total. The third-order valence-corrected chi connectivity index (χ3v) is 2.94. The van der Waals surface area contributed by atoms with Crippen LogP contribution in [0.5, 0.6) is 11.5 Å². The van der Waals surface area contributed by atoms with E-state index in [0.717, 1.165) is 0 Å². The molecule has 0 aliphatic rings. The summed E-state index contributed by atoms with van der Waals surface area (Å²) >= 11 is 6.01. The molecule has 0 spiro atoms. The summed E-state index contributed by atoms with van der Waals surface area (Å²) in [5, 5.41) is 3.14. The number of hydrogen-bond acceptors (Lipinski definition) is 4. The zero-order valence-corrected chi connectivity index (χ0v) is 13.0. The van der Waals surface area contributed by atoms with E-state index in [1.54, 1.807) is 30.5 Å². The Hall–Kier alpha value is -1.98. The van der Waals surface area contributed by atoms with Crippen molar-refractivity contribution in [2.75, 3.05) is 19.5 Å². The average Bonchev–Trinajstić information content (AvgIpc) is 2.49. The van der Waals surface area contributed by atoms with Crippen molar-refractivity contribution in [2.45, 2.75) is 0 Å². The lowest BCUT2D eigenvalue weighted by molar-refractivity contribution is 0.102. The van der Waals surface area contributed by atoms with Gasteiger partial charge in [0.15, 0.2) is 0 Å². The average molecular weight is 329 g/mol. The van der Waals surface area contributed by atoms with Gasteiger partial charge in [-0.1, -0.05) is 11.6 Å². The number of methoxy groups -OCH3 is 2. The first-order valence-corrected chi connectivity index (χ1v) is 6.16. The fourth-order valence-electron chi connectivity index (χ4n) is 1.65. The molecule has 0 aliphatic heterocycles. The molecular weight excluding hydrogens is 315 g/mol. The third kappa shape index (κ3) is 4.00. The normalized spacial score (nSPS) is 9.48. The van der Waals surface area contributed by atoms with Gasteiger partial charge in [0.05, 0.1) is 30.5 Å². The number of anilines is 1. The minimum absolute atomic E-state index is 0. The van der Waals surface area contributed by atoms with Gasteiger partial charge in [0.2, 0.25) is 0 Å². The highest BCUT2D eigenvalue weighted by Gasteiger charge is 2.13. The summed E-state index contributed by atoms with van der Waals surface area (Å²) in [6.07, 6.45) is 3.08. The van der Waals surface area contributed by atoms with Crippen molar-refractivity contribution in [2.24, 2.45) is 0 Å². The Labute approximate surface area is 133 Å². The summed E-state index contributed by atoms with van der Waals surface area (Å²) in [6.45, 7) is 0. The molecule has 7 heteroatoms. The highest BCUT2D eigenvalue weighted by Crippen LogP contribution is 2.35. The molecule has 2 rings (SSSR count). The fourth-order valence-corrected chi connectivity index (χ4v) is 1.88. The van der Waals surface area contributed by atoms with Crippen LogP contribution in [-0.2, 0) is 0 Å². The van der Waals surface area contributed by atoms with Crippen LogP contribution in [0.2, 0.25) is 5.02 Å². The second kappa shape index (κ2) is 7.71. The van der Waals surface area contributed by atoms with Crippen LogP contribution in [0.25, 0.3) is 0 Å². The second-order valence-electron chi connectivity index (χ2n) is 3.88. The van der Waals surface area contributed by atoms with E-state index in [-0.39, 0.29) is 18.3 Å². The summed E-state index contributed by atoms with van der Waals surface area (Å²) in [7, 11) is 3.00. The second-order valence-corrected chi connectivity index (χ2v) is 4.29. The molecule has 1 heterocycles. The predicted molar refractivity (Wildman–Crippen MR) is 84.0 cm³/mol. The van der Waals surface area contributed by atoms with Gasteiger partial charge in [0.25, 0.3) is 5.91 Å². The maximum absolute atomic E-state index is 12.1. The standard InChI is InChI=1S/C14H13ClN2O3.ClH/c1-19-12-7-11(13(20-2)6-10(12)15)17-14(18)9-4-3-5-16-8-9;/h3-8H,1-2H3,(H,17,18);1H. The van der Waals surface area contributed by atoms with Crippen LogP contribution in [0.3, 0.4) is 0 Å². The van der Waals surface area contributed by atoms with Crippen LogP contribution in [0.1, 0.15) is 10.4 Å². The minimum atomic E-state index is -0.291. The van der Waals surface area contributed by atoms with Gasteiger partial charge < -0.3 is 14.8 Å². The molecule has 0 saturated heterocycles. The Bertz CT molecular complexity index is 621. The van der Waals surface area contributed by atoms with Gasteiger partial charge in [-0.3, -0.25) is 9.78 Å². The van der Waals surface area contributed by atoms with E-state index in [4.69, 9.17) is 21.1 Å². The van der Waals surface area contributed by atoms with E-state index in [1.807, 2.05) is 0 Å². The number of carbonyl (C=O) groups excluding carboxylic acids is 1. The molecular formula is C14H14Cl2N2O3. The van der Waals surface area contributed by atoms with Crippen molar-refractivity contribution in [3.05, 3.63) is 47.2 Å². The first-order valence-electron chi connectivity index (χ1n) is 5.78. The van der Waals surface area contributed by atoms with Crippen LogP contribution in [0, 0.1) is 0 Å². The lowest BCUT2D eigenvalue weighted by atomic mass is 10.2. The van der Waals surface area contributed by atoms with E-state index in [2.05, 4.69) is 10.3 Å². The number of amides is 1. The van der Waals surface area contributed by atoms with Crippen LogP contribution in [-0.4, -0.2) is 25.1 Å².